The lowest BCUT2D eigenvalue weighted by molar-refractivity contribution is -0.144. The molecule has 1 aliphatic heterocycles. The average molecular weight is 244 g/mol. The van der Waals surface area contributed by atoms with Gasteiger partial charge in [-0.1, -0.05) is 12.5 Å². The second-order valence-electron chi connectivity index (χ2n) is 5.47. The highest BCUT2D eigenvalue weighted by atomic mass is 16.2. The highest BCUT2D eigenvalue weighted by molar-refractivity contribution is 6.06. The van der Waals surface area contributed by atoms with E-state index in [0.717, 1.165) is 30.4 Å². The van der Waals surface area contributed by atoms with Crippen LogP contribution in [0.2, 0.25) is 0 Å². The summed E-state index contributed by atoms with van der Waals surface area (Å²) in [4.78, 5) is 29.8. The normalized spacial score (nSPS) is 21.5. The SMILES string of the molecule is Cc1cncc(CN2C(=O)CC3(CCC3)C2=O)c1. The third kappa shape index (κ3) is 1.64. The van der Waals surface area contributed by atoms with E-state index in [1.165, 1.54) is 4.90 Å². The van der Waals surface area contributed by atoms with Gasteiger partial charge in [0.1, 0.15) is 0 Å². The molecule has 2 amide bonds. The molecule has 1 spiro atoms. The maximum Gasteiger partial charge on any atom is 0.236 e. The van der Waals surface area contributed by atoms with Gasteiger partial charge in [-0.25, -0.2) is 0 Å². The number of hydrogen-bond acceptors (Lipinski definition) is 3. The van der Waals surface area contributed by atoms with Gasteiger partial charge in [-0.15, -0.1) is 0 Å². The van der Waals surface area contributed by atoms with E-state index >= 15 is 0 Å². The maximum absolute atomic E-state index is 12.3. The molecule has 0 N–H and O–H groups in total. The molecule has 0 radical (unpaired) electrons. The Morgan fingerprint density at radius 2 is 2.11 bits per heavy atom. The number of likely N-dealkylation sites (tertiary alicyclic amines) is 1. The topological polar surface area (TPSA) is 50.3 Å². The third-order valence-corrected chi connectivity index (χ3v) is 4.07. The van der Waals surface area contributed by atoms with E-state index in [2.05, 4.69) is 4.98 Å². The molecule has 4 heteroatoms. The van der Waals surface area contributed by atoms with Crippen LogP contribution in [-0.4, -0.2) is 21.7 Å². The molecule has 94 valence electrons. The quantitative estimate of drug-likeness (QED) is 0.746. The van der Waals surface area contributed by atoms with Gasteiger partial charge in [-0.3, -0.25) is 19.5 Å². The molecule has 1 aliphatic carbocycles. The third-order valence-electron chi connectivity index (χ3n) is 4.07. The van der Waals surface area contributed by atoms with Crippen LogP contribution >= 0.6 is 0 Å². The summed E-state index contributed by atoms with van der Waals surface area (Å²) in [5.41, 5.74) is 1.63. The molecule has 0 atom stereocenters. The van der Waals surface area contributed by atoms with E-state index < -0.39 is 0 Å². The van der Waals surface area contributed by atoms with E-state index in [9.17, 15) is 9.59 Å². The van der Waals surface area contributed by atoms with Crippen molar-refractivity contribution in [3.8, 4) is 0 Å². The van der Waals surface area contributed by atoms with Crippen molar-refractivity contribution in [2.24, 2.45) is 5.41 Å². The summed E-state index contributed by atoms with van der Waals surface area (Å²) in [6.45, 7) is 2.33. The zero-order chi connectivity index (χ0) is 12.8. The van der Waals surface area contributed by atoms with Crippen molar-refractivity contribution in [3.05, 3.63) is 29.6 Å². The van der Waals surface area contributed by atoms with Gasteiger partial charge in [-0.05, 0) is 30.9 Å². The molecule has 1 saturated carbocycles. The van der Waals surface area contributed by atoms with Gasteiger partial charge >= 0.3 is 0 Å². The molecule has 2 fully saturated rings. The van der Waals surface area contributed by atoms with Gasteiger partial charge in [0.2, 0.25) is 11.8 Å². The van der Waals surface area contributed by atoms with Gasteiger partial charge in [0.15, 0.2) is 0 Å². The van der Waals surface area contributed by atoms with Crippen molar-refractivity contribution in [2.75, 3.05) is 0 Å². The van der Waals surface area contributed by atoms with Crippen LogP contribution in [0.3, 0.4) is 0 Å². The number of pyridine rings is 1. The van der Waals surface area contributed by atoms with E-state index in [4.69, 9.17) is 0 Å². The van der Waals surface area contributed by atoms with Crippen molar-refractivity contribution in [2.45, 2.75) is 39.2 Å². The Morgan fingerprint density at radius 3 is 2.67 bits per heavy atom. The molecule has 2 heterocycles. The predicted molar refractivity (Wildman–Crippen MR) is 65.4 cm³/mol. The molecule has 0 aromatic carbocycles. The van der Waals surface area contributed by atoms with Crippen molar-refractivity contribution in [3.63, 3.8) is 0 Å². The van der Waals surface area contributed by atoms with Crippen LogP contribution in [0, 0.1) is 12.3 Å². The lowest BCUT2D eigenvalue weighted by atomic mass is 9.68. The van der Waals surface area contributed by atoms with Crippen molar-refractivity contribution in [1.82, 2.24) is 9.88 Å². The molecular formula is C14H16N2O2. The second kappa shape index (κ2) is 3.90. The molecular weight excluding hydrogens is 228 g/mol. The number of amides is 2. The van der Waals surface area contributed by atoms with Gasteiger partial charge in [0.25, 0.3) is 0 Å². The van der Waals surface area contributed by atoms with Crippen LogP contribution in [-0.2, 0) is 16.1 Å². The first kappa shape index (κ1) is 11.4. The number of carbonyl (C=O) groups is 2. The predicted octanol–water partition coefficient (Wildman–Crippen LogP) is 1.82. The second-order valence-corrected chi connectivity index (χ2v) is 5.47. The fourth-order valence-corrected chi connectivity index (χ4v) is 2.90. The van der Waals surface area contributed by atoms with E-state index in [0.29, 0.717) is 13.0 Å². The number of hydrogen-bond donors (Lipinski definition) is 0. The number of aromatic nitrogens is 1. The zero-order valence-electron chi connectivity index (χ0n) is 10.5. The Kier molecular flexibility index (Phi) is 2.47. The highest BCUT2D eigenvalue weighted by Gasteiger charge is 2.54. The largest absolute Gasteiger partial charge is 0.278 e. The molecule has 0 bridgehead atoms. The van der Waals surface area contributed by atoms with Crippen molar-refractivity contribution in [1.29, 1.82) is 0 Å². The molecule has 18 heavy (non-hydrogen) atoms. The summed E-state index contributed by atoms with van der Waals surface area (Å²) in [5, 5.41) is 0. The number of imide groups is 1. The molecule has 1 saturated heterocycles. The fourth-order valence-electron chi connectivity index (χ4n) is 2.90. The van der Waals surface area contributed by atoms with Crippen LogP contribution in [0.25, 0.3) is 0 Å². The lowest BCUT2D eigenvalue weighted by Gasteiger charge is -2.35. The van der Waals surface area contributed by atoms with Gasteiger partial charge < -0.3 is 0 Å². The van der Waals surface area contributed by atoms with E-state index in [1.807, 2.05) is 13.0 Å². The van der Waals surface area contributed by atoms with Gasteiger partial charge in [0.05, 0.1) is 12.0 Å². The van der Waals surface area contributed by atoms with E-state index in [-0.39, 0.29) is 17.2 Å². The van der Waals surface area contributed by atoms with Gasteiger partial charge in [-0.2, -0.15) is 0 Å². The van der Waals surface area contributed by atoms with Crippen LogP contribution in [0.5, 0.6) is 0 Å². The molecule has 3 rings (SSSR count). The molecule has 1 aromatic heterocycles. The number of aryl methyl sites for hydroxylation is 1. The molecule has 4 nitrogen and oxygen atoms in total. The Hall–Kier alpha value is -1.71. The minimum absolute atomic E-state index is 0.0267. The summed E-state index contributed by atoms with van der Waals surface area (Å²) < 4.78 is 0. The van der Waals surface area contributed by atoms with Crippen LogP contribution in [0.15, 0.2) is 18.5 Å². The first-order valence-electron chi connectivity index (χ1n) is 6.36. The summed E-state index contributed by atoms with van der Waals surface area (Å²) in [6.07, 6.45) is 6.72. The Bertz CT molecular complexity index is 520. The smallest absolute Gasteiger partial charge is 0.236 e. The zero-order valence-corrected chi connectivity index (χ0v) is 10.5. The summed E-state index contributed by atoms with van der Waals surface area (Å²) in [6, 6.07) is 1.97. The first-order chi connectivity index (χ1) is 8.61. The van der Waals surface area contributed by atoms with Crippen molar-refractivity contribution < 1.29 is 9.59 Å². The number of nitrogens with zero attached hydrogens (tertiary/aromatic N) is 2. The molecule has 2 aliphatic rings. The van der Waals surface area contributed by atoms with Gasteiger partial charge in [0, 0.05) is 18.8 Å². The highest BCUT2D eigenvalue weighted by Crippen LogP contribution is 2.49. The minimum Gasteiger partial charge on any atom is -0.278 e. The standard InChI is InChI=1S/C14H16N2O2/c1-10-5-11(8-15-7-10)9-16-12(17)6-14(13(16)18)3-2-4-14/h5,7-8H,2-4,6,9H2,1H3. The number of carbonyl (C=O) groups excluding carboxylic acids is 2. The van der Waals surface area contributed by atoms with Crippen LogP contribution in [0.1, 0.15) is 36.8 Å². The Morgan fingerprint density at radius 1 is 1.33 bits per heavy atom. The summed E-state index contributed by atoms with van der Waals surface area (Å²) in [5.74, 6) is 0.00135. The van der Waals surface area contributed by atoms with Crippen LogP contribution < -0.4 is 0 Å². The summed E-state index contributed by atoms with van der Waals surface area (Å²) in [7, 11) is 0. The van der Waals surface area contributed by atoms with E-state index in [1.54, 1.807) is 12.4 Å². The maximum atomic E-state index is 12.3. The average Bonchev–Trinajstić information content (AvgIpc) is 2.53. The Labute approximate surface area is 106 Å². The number of rotatable bonds is 2. The first-order valence-corrected chi connectivity index (χ1v) is 6.36. The fraction of sp³-hybridized carbons (Fsp3) is 0.500. The van der Waals surface area contributed by atoms with Crippen LogP contribution in [0.4, 0.5) is 0 Å². The summed E-state index contributed by atoms with van der Waals surface area (Å²) >= 11 is 0. The monoisotopic (exact) mass is 244 g/mol. The van der Waals surface area contributed by atoms with Crippen molar-refractivity contribution >= 4 is 11.8 Å². The molecule has 1 aromatic rings. The minimum atomic E-state index is -0.339. The lowest BCUT2D eigenvalue weighted by Crippen LogP contribution is -2.39. The Balaban J connectivity index is 1.81. The molecule has 0 unspecified atom stereocenters.